The molecule has 0 spiro atoms. The fraction of sp³-hybridized carbons (Fsp3) is 0.538. The molecule has 0 radical (unpaired) electrons. The van der Waals surface area contributed by atoms with Crippen molar-refractivity contribution in [1.82, 2.24) is 0 Å². The van der Waals surface area contributed by atoms with E-state index in [2.05, 4.69) is 6.92 Å². The minimum absolute atomic E-state index is 0.715. The van der Waals surface area contributed by atoms with E-state index in [0.717, 1.165) is 24.5 Å². The summed E-state index contributed by atoms with van der Waals surface area (Å²) in [6.07, 6.45) is 5.67. The van der Waals surface area contributed by atoms with Crippen LogP contribution in [0.4, 0.5) is 5.69 Å². The summed E-state index contributed by atoms with van der Waals surface area (Å²) in [5.41, 5.74) is 6.35. The highest BCUT2D eigenvalue weighted by molar-refractivity contribution is 7.85. The normalized spacial score (nSPS) is 10.5. The molecule has 19 heavy (non-hydrogen) atoms. The second-order valence-electron chi connectivity index (χ2n) is 4.21. The molecule has 1 rings (SSSR count). The van der Waals surface area contributed by atoms with Crippen LogP contribution in [0.2, 0.25) is 0 Å². The highest BCUT2D eigenvalue weighted by atomic mass is 32.2. The Bertz CT molecular complexity index is 420. The van der Waals surface area contributed by atoms with Gasteiger partial charge in [-0.15, -0.1) is 0 Å². The third-order valence-corrected chi connectivity index (χ3v) is 2.15. The molecule has 0 amide bonds. The third kappa shape index (κ3) is 14.7. The van der Waals surface area contributed by atoms with Crippen LogP contribution in [-0.4, -0.2) is 25.8 Å². The summed E-state index contributed by atoms with van der Waals surface area (Å²) in [7, 11) is -3.67. The van der Waals surface area contributed by atoms with E-state index in [1.165, 1.54) is 19.3 Å². The lowest BCUT2D eigenvalue weighted by atomic mass is 10.2. The summed E-state index contributed by atoms with van der Waals surface area (Å²) in [6.45, 7) is 3.02. The van der Waals surface area contributed by atoms with Crippen molar-refractivity contribution in [2.45, 2.75) is 32.6 Å². The lowest BCUT2D eigenvalue weighted by Crippen LogP contribution is -1.97. The molecule has 1 aromatic rings. The van der Waals surface area contributed by atoms with E-state index in [0.29, 0.717) is 6.26 Å². The molecule has 0 saturated heterocycles. The Balaban J connectivity index is 0.000000555. The lowest BCUT2D eigenvalue weighted by molar-refractivity contribution is 0.305. The molecule has 1 aromatic carbocycles. The van der Waals surface area contributed by atoms with Gasteiger partial charge in [0.05, 0.1) is 12.9 Å². The van der Waals surface area contributed by atoms with E-state index in [1.807, 2.05) is 24.3 Å². The number of anilines is 1. The first kappa shape index (κ1) is 17.7. The molecule has 0 saturated carbocycles. The number of nitrogen functional groups attached to an aromatic ring is 1. The van der Waals surface area contributed by atoms with Crippen molar-refractivity contribution in [3.63, 3.8) is 0 Å². The lowest BCUT2D eigenvalue weighted by Gasteiger charge is -2.05. The molecule has 0 aliphatic heterocycles. The van der Waals surface area contributed by atoms with E-state index < -0.39 is 10.1 Å². The SMILES string of the molecule is CCCCCCOc1ccc(N)cc1.CS(=O)(=O)O. The van der Waals surface area contributed by atoms with Gasteiger partial charge >= 0.3 is 0 Å². The molecule has 0 atom stereocenters. The molecule has 5 nitrogen and oxygen atoms in total. The number of hydrogen-bond donors (Lipinski definition) is 2. The largest absolute Gasteiger partial charge is 0.494 e. The zero-order chi connectivity index (χ0) is 14.7. The first-order valence-electron chi connectivity index (χ1n) is 6.23. The Kier molecular flexibility index (Phi) is 8.99. The van der Waals surface area contributed by atoms with Crippen LogP contribution in [0.15, 0.2) is 24.3 Å². The number of unbranched alkanes of at least 4 members (excludes halogenated alkanes) is 3. The molecule has 0 aromatic heterocycles. The summed E-state index contributed by atoms with van der Waals surface area (Å²) in [4.78, 5) is 0. The van der Waals surface area contributed by atoms with Gasteiger partial charge in [-0.1, -0.05) is 26.2 Å². The average molecular weight is 289 g/mol. The molecule has 0 aliphatic carbocycles. The quantitative estimate of drug-likeness (QED) is 0.477. The summed E-state index contributed by atoms with van der Waals surface area (Å²) in [5, 5.41) is 0. The second kappa shape index (κ2) is 9.63. The minimum atomic E-state index is -3.67. The van der Waals surface area contributed by atoms with E-state index in [9.17, 15) is 8.42 Å². The predicted octanol–water partition coefficient (Wildman–Crippen LogP) is 2.73. The number of hydrogen-bond acceptors (Lipinski definition) is 4. The highest BCUT2D eigenvalue weighted by Crippen LogP contribution is 2.13. The summed E-state index contributed by atoms with van der Waals surface area (Å²) in [5.74, 6) is 0.913. The van der Waals surface area contributed by atoms with Gasteiger partial charge in [0, 0.05) is 5.69 Å². The molecular formula is C13H23NO4S. The molecule has 110 valence electrons. The number of nitrogens with two attached hydrogens (primary N) is 1. The minimum Gasteiger partial charge on any atom is -0.494 e. The van der Waals surface area contributed by atoms with Crippen LogP contribution in [0, 0.1) is 0 Å². The van der Waals surface area contributed by atoms with E-state index >= 15 is 0 Å². The van der Waals surface area contributed by atoms with Crippen LogP contribution in [0.3, 0.4) is 0 Å². The molecule has 6 heteroatoms. The van der Waals surface area contributed by atoms with Crippen molar-refractivity contribution in [2.24, 2.45) is 0 Å². The topological polar surface area (TPSA) is 89.6 Å². The first-order valence-corrected chi connectivity index (χ1v) is 8.08. The maximum atomic E-state index is 9.19. The number of ether oxygens (including phenoxy) is 1. The molecule has 0 fully saturated rings. The van der Waals surface area contributed by atoms with Gasteiger partial charge in [0.25, 0.3) is 10.1 Å². The van der Waals surface area contributed by atoms with Crippen molar-refractivity contribution in [3.8, 4) is 5.75 Å². The summed E-state index contributed by atoms with van der Waals surface area (Å²) >= 11 is 0. The first-order chi connectivity index (χ1) is 8.83. The van der Waals surface area contributed by atoms with E-state index in [4.69, 9.17) is 15.0 Å². The van der Waals surface area contributed by atoms with Crippen molar-refractivity contribution >= 4 is 15.8 Å². The monoisotopic (exact) mass is 289 g/mol. The molecule has 3 N–H and O–H groups in total. The standard InChI is InChI=1S/C12H19NO.CH4O3S/c1-2-3-4-5-10-14-12-8-6-11(13)7-9-12;1-5(2,3)4/h6-9H,2-5,10,13H2,1H3;1H3,(H,2,3,4). The molecule has 0 heterocycles. The third-order valence-electron chi connectivity index (χ3n) is 2.15. The molecule has 0 bridgehead atoms. The number of rotatable bonds is 6. The highest BCUT2D eigenvalue weighted by Gasteiger charge is 1.93. The van der Waals surface area contributed by atoms with Crippen molar-refractivity contribution in [2.75, 3.05) is 18.6 Å². The Morgan fingerprint density at radius 3 is 2.16 bits per heavy atom. The van der Waals surface area contributed by atoms with Crippen LogP contribution in [0.5, 0.6) is 5.75 Å². The summed E-state index contributed by atoms with van der Waals surface area (Å²) in [6, 6.07) is 7.55. The van der Waals surface area contributed by atoms with Gasteiger partial charge in [0.15, 0.2) is 0 Å². The fourth-order valence-electron chi connectivity index (χ4n) is 1.28. The van der Waals surface area contributed by atoms with Crippen LogP contribution in [0.25, 0.3) is 0 Å². The fourth-order valence-corrected chi connectivity index (χ4v) is 1.28. The van der Waals surface area contributed by atoms with Gasteiger partial charge in [0.1, 0.15) is 5.75 Å². The average Bonchev–Trinajstić information content (AvgIpc) is 2.29. The number of benzene rings is 1. The van der Waals surface area contributed by atoms with Crippen molar-refractivity contribution < 1.29 is 17.7 Å². The van der Waals surface area contributed by atoms with Crippen LogP contribution in [-0.2, 0) is 10.1 Å². The van der Waals surface area contributed by atoms with Crippen LogP contribution < -0.4 is 10.5 Å². The zero-order valence-corrected chi connectivity index (χ0v) is 12.3. The van der Waals surface area contributed by atoms with Gasteiger partial charge in [-0.3, -0.25) is 4.55 Å². The Hall–Kier alpha value is -1.27. The zero-order valence-electron chi connectivity index (χ0n) is 11.5. The van der Waals surface area contributed by atoms with Crippen LogP contribution >= 0.6 is 0 Å². The van der Waals surface area contributed by atoms with Crippen molar-refractivity contribution in [1.29, 1.82) is 0 Å². The Morgan fingerprint density at radius 2 is 1.68 bits per heavy atom. The van der Waals surface area contributed by atoms with Gasteiger partial charge < -0.3 is 10.5 Å². The Morgan fingerprint density at radius 1 is 1.16 bits per heavy atom. The summed E-state index contributed by atoms with van der Waals surface area (Å²) < 4.78 is 31.4. The molecule has 0 aliphatic rings. The van der Waals surface area contributed by atoms with Gasteiger partial charge in [-0.05, 0) is 30.7 Å². The molecule has 0 unspecified atom stereocenters. The molecular weight excluding hydrogens is 266 g/mol. The smallest absolute Gasteiger partial charge is 0.261 e. The maximum absolute atomic E-state index is 9.19. The van der Waals surface area contributed by atoms with E-state index in [-0.39, 0.29) is 0 Å². The van der Waals surface area contributed by atoms with Gasteiger partial charge in [-0.2, -0.15) is 8.42 Å². The maximum Gasteiger partial charge on any atom is 0.261 e. The van der Waals surface area contributed by atoms with Gasteiger partial charge in [-0.25, -0.2) is 0 Å². The predicted molar refractivity (Wildman–Crippen MR) is 78.0 cm³/mol. The van der Waals surface area contributed by atoms with Crippen molar-refractivity contribution in [3.05, 3.63) is 24.3 Å². The van der Waals surface area contributed by atoms with E-state index in [1.54, 1.807) is 0 Å². The van der Waals surface area contributed by atoms with Crippen LogP contribution in [0.1, 0.15) is 32.6 Å². The second-order valence-corrected chi connectivity index (χ2v) is 5.68. The Labute approximate surface area is 115 Å². The van der Waals surface area contributed by atoms with Gasteiger partial charge in [0.2, 0.25) is 0 Å².